The van der Waals surface area contributed by atoms with Gasteiger partial charge in [0.15, 0.2) is 5.11 Å². The maximum Gasteiger partial charge on any atom is 0.175 e. The molecule has 2 N–H and O–H groups in total. The molecule has 0 amide bonds. The standard InChI is InChI=1S/C16H12ClN3S/c17-13-5-1-2-6-15(13)20-16(21)19-14-7-3-4-11-8-9-18-10-12(11)14/h1-10H,(H2,19,20,21). The molecule has 2 aromatic carbocycles. The largest absolute Gasteiger partial charge is 0.332 e. The highest BCUT2D eigenvalue weighted by Crippen LogP contribution is 2.24. The van der Waals surface area contributed by atoms with Crippen LogP contribution in [0.15, 0.2) is 60.9 Å². The highest BCUT2D eigenvalue weighted by molar-refractivity contribution is 7.80. The van der Waals surface area contributed by atoms with E-state index in [0.717, 1.165) is 22.1 Å². The van der Waals surface area contributed by atoms with Crippen molar-refractivity contribution >= 4 is 51.1 Å². The predicted octanol–water partition coefficient (Wildman–Crippen LogP) is 4.70. The normalized spacial score (nSPS) is 10.3. The number of pyridine rings is 1. The zero-order valence-electron chi connectivity index (χ0n) is 11.0. The monoisotopic (exact) mass is 313 g/mol. The van der Waals surface area contributed by atoms with Crippen LogP contribution in [-0.2, 0) is 0 Å². The summed E-state index contributed by atoms with van der Waals surface area (Å²) >= 11 is 11.4. The summed E-state index contributed by atoms with van der Waals surface area (Å²) in [4.78, 5) is 4.15. The van der Waals surface area contributed by atoms with Crippen molar-refractivity contribution in [2.45, 2.75) is 0 Å². The van der Waals surface area contributed by atoms with Gasteiger partial charge in [-0.2, -0.15) is 0 Å². The van der Waals surface area contributed by atoms with Gasteiger partial charge in [-0.3, -0.25) is 4.98 Å². The number of nitrogens with zero attached hydrogens (tertiary/aromatic N) is 1. The lowest BCUT2D eigenvalue weighted by atomic mass is 10.1. The number of thiocarbonyl (C=S) groups is 1. The van der Waals surface area contributed by atoms with Crippen LogP contribution in [0.2, 0.25) is 5.02 Å². The van der Waals surface area contributed by atoms with Gasteiger partial charge in [0, 0.05) is 23.5 Å². The number of hydrogen-bond donors (Lipinski definition) is 2. The fourth-order valence-electron chi connectivity index (χ4n) is 2.06. The van der Waals surface area contributed by atoms with E-state index in [1.807, 2.05) is 54.7 Å². The van der Waals surface area contributed by atoms with Gasteiger partial charge < -0.3 is 10.6 Å². The average Bonchev–Trinajstić information content (AvgIpc) is 2.50. The Morgan fingerprint density at radius 2 is 1.71 bits per heavy atom. The molecule has 0 aliphatic heterocycles. The first-order valence-electron chi connectivity index (χ1n) is 6.39. The molecule has 0 spiro atoms. The number of rotatable bonds is 2. The molecule has 0 aliphatic rings. The second-order valence-electron chi connectivity index (χ2n) is 4.46. The van der Waals surface area contributed by atoms with Crippen molar-refractivity contribution in [2.75, 3.05) is 10.6 Å². The summed E-state index contributed by atoms with van der Waals surface area (Å²) in [5.41, 5.74) is 1.68. The second kappa shape index (κ2) is 6.08. The van der Waals surface area contributed by atoms with Crippen LogP contribution < -0.4 is 10.6 Å². The van der Waals surface area contributed by atoms with E-state index >= 15 is 0 Å². The Balaban J connectivity index is 1.82. The molecule has 0 aliphatic carbocycles. The molecule has 3 aromatic rings. The summed E-state index contributed by atoms with van der Waals surface area (Å²) in [5.74, 6) is 0. The lowest BCUT2D eigenvalue weighted by Gasteiger charge is -2.13. The third-order valence-corrected chi connectivity index (χ3v) is 3.59. The Kier molecular flexibility index (Phi) is 3.99. The summed E-state index contributed by atoms with van der Waals surface area (Å²) < 4.78 is 0. The van der Waals surface area contributed by atoms with Crippen LogP contribution in [0, 0.1) is 0 Å². The van der Waals surface area contributed by atoms with E-state index in [-0.39, 0.29) is 0 Å². The first kappa shape index (κ1) is 13.8. The van der Waals surface area contributed by atoms with Crippen LogP contribution in [0.4, 0.5) is 11.4 Å². The van der Waals surface area contributed by atoms with Gasteiger partial charge in [-0.05, 0) is 41.9 Å². The highest BCUT2D eigenvalue weighted by atomic mass is 35.5. The lowest BCUT2D eigenvalue weighted by Crippen LogP contribution is -2.19. The molecule has 0 saturated carbocycles. The minimum Gasteiger partial charge on any atom is -0.332 e. The smallest absolute Gasteiger partial charge is 0.175 e. The van der Waals surface area contributed by atoms with Crippen LogP contribution in [0.1, 0.15) is 0 Å². The summed E-state index contributed by atoms with van der Waals surface area (Å²) in [6.07, 6.45) is 3.59. The van der Waals surface area contributed by atoms with Gasteiger partial charge in [-0.1, -0.05) is 35.9 Å². The Morgan fingerprint density at radius 3 is 2.57 bits per heavy atom. The van der Waals surface area contributed by atoms with Crippen molar-refractivity contribution in [3.8, 4) is 0 Å². The van der Waals surface area contributed by atoms with E-state index in [9.17, 15) is 0 Å². The van der Waals surface area contributed by atoms with E-state index in [1.165, 1.54) is 0 Å². The third kappa shape index (κ3) is 3.12. The maximum atomic E-state index is 6.11. The fourth-order valence-corrected chi connectivity index (χ4v) is 2.46. The number of nitrogens with one attached hydrogen (secondary N) is 2. The van der Waals surface area contributed by atoms with Gasteiger partial charge in [0.2, 0.25) is 0 Å². The van der Waals surface area contributed by atoms with Crippen LogP contribution in [0.25, 0.3) is 10.8 Å². The molecule has 0 bridgehead atoms. The molecule has 0 saturated heterocycles. The number of halogens is 1. The second-order valence-corrected chi connectivity index (χ2v) is 5.28. The zero-order valence-corrected chi connectivity index (χ0v) is 12.6. The van der Waals surface area contributed by atoms with Crippen LogP contribution in [0.5, 0.6) is 0 Å². The summed E-state index contributed by atoms with van der Waals surface area (Å²) in [5, 5.41) is 9.51. The summed E-state index contributed by atoms with van der Waals surface area (Å²) in [6, 6.07) is 15.4. The lowest BCUT2D eigenvalue weighted by molar-refractivity contribution is 1.36. The number of para-hydroxylation sites is 1. The number of fused-ring (bicyclic) bond motifs is 1. The van der Waals surface area contributed by atoms with Crippen LogP contribution in [0.3, 0.4) is 0 Å². The van der Waals surface area contributed by atoms with Gasteiger partial charge in [0.05, 0.1) is 10.7 Å². The Morgan fingerprint density at radius 1 is 0.952 bits per heavy atom. The molecule has 5 heteroatoms. The van der Waals surface area contributed by atoms with Crippen molar-refractivity contribution < 1.29 is 0 Å². The van der Waals surface area contributed by atoms with E-state index in [4.69, 9.17) is 23.8 Å². The van der Waals surface area contributed by atoms with Crippen molar-refractivity contribution in [3.63, 3.8) is 0 Å². The molecule has 1 aromatic heterocycles. The molecule has 104 valence electrons. The maximum absolute atomic E-state index is 6.11. The van der Waals surface area contributed by atoms with Gasteiger partial charge in [-0.15, -0.1) is 0 Å². The summed E-state index contributed by atoms with van der Waals surface area (Å²) in [6.45, 7) is 0. The Labute approximate surface area is 133 Å². The van der Waals surface area contributed by atoms with Crippen molar-refractivity contribution in [3.05, 3.63) is 65.9 Å². The van der Waals surface area contributed by atoms with E-state index in [1.54, 1.807) is 6.20 Å². The molecule has 21 heavy (non-hydrogen) atoms. The van der Waals surface area contributed by atoms with Gasteiger partial charge in [-0.25, -0.2) is 0 Å². The quantitative estimate of drug-likeness (QED) is 0.673. The van der Waals surface area contributed by atoms with Crippen molar-refractivity contribution in [1.29, 1.82) is 0 Å². The first-order valence-corrected chi connectivity index (χ1v) is 7.18. The topological polar surface area (TPSA) is 37.0 Å². The minimum absolute atomic E-state index is 0.486. The van der Waals surface area contributed by atoms with Crippen molar-refractivity contribution in [1.82, 2.24) is 4.98 Å². The zero-order chi connectivity index (χ0) is 14.7. The van der Waals surface area contributed by atoms with E-state index in [2.05, 4.69) is 15.6 Å². The molecule has 1 heterocycles. The van der Waals surface area contributed by atoms with E-state index in [0.29, 0.717) is 10.1 Å². The number of aromatic nitrogens is 1. The molecule has 0 fully saturated rings. The molecule has 0 radical (unpaired) electrons. The Hall–Kier alpha value is -2.17. The SMILES string of the molecule is S=C(Nc1ccccc1Cl)Nc1cccc2ccncc12. The van der Waals surface area contributed by atoms with Gasteiger partial charge in [0.1, 0.15) is 0 Å². The molecule has 0 unspecified atom stereocenters. The average molecular weight is 314 g/mol. The van der Waals surface area contributed by atoms with Crippen LogP contribution in [-0.4, -0.2) is 10.1 Å². The molecule has 3 nitrogen and oxygen atoms in total. The molecular formula is C16H12ClN3S. The van der Waals surface area contributed by atoms with E-state index < -0.39 is 0 Å². The van der Waals surface area contributed by atoms with Gasteiger partial charge >= 0.3 is 0 Å². The van der Waals surface area contributed by atoms with Crippen molar-refractivity contribution in [2.24, 2.45) is 0 Å². The summed E-state index contributed by atoms with van der Waals surface area (Å²) in [7, 11) is 0. The highest BCUT2D eigenvalue weighted by Gasteiger charge is 2.05. The van der Waals surface area contributed by atoms with Gasteiger partial charge in [0.25, 0.3) is 0 Å². The molecule has 3 rings (SSSR count). The third-order valence-electron chi connectivity index (χ3n) is 3.05. The number of anilines is 2. The Bertz CT molecular complexity index is 799. The fraction of sp³-hybridized carbons (Fsp3) is 0. The first-order chi connectivity index (χ1) is 10.2. The molecule has 0 atom stereocenters. The number of benzene rings is 2. The van der Waals surface area contributed by atoms with Crippen LogP contribution >= 0.6 is 23.8 Å². The molecular weight excluding hydrogens is 302 g/mol. The predicted molar refractivity (Wildman–Crippen MR) is 93.0 cm³/mol. The minimum atomic E-state index is 0.486. The number of hydrogen-bond acceptors (Lipinski definition) is 2.